The van der Waals surface area contributed by atoms with Gasteiger partial charge < -0.3 is 15.8 Å². The van der Waals surface area contributed by atoms with Gasteiger partial charge in [0.15, 0.2) is 0 Å². The molecule has 0 saturated heterocycles. The number of carbonyl (C=O) groups is 1. The Bertz CT molecular complexity index is 740. The number of esters is 1. The average molecular weight is 347 g/mol. The minimum atomic E-state index is -0.548. The lowest BCUT2D eigenvalue weighted by Crippen LogP contribution is -2.07. The van der Waals surface area contributed by atoms with Crippen LogP contribution in [0.4, 0.5) is 17.2 Å². The summed E-state index contributed by atoms with van der Waals surface area (Å²) < 4.78 is 5.46. The van der Waals surface area contributed by atoms with E-state index in [0.29, 0.717) is 17.1 Å². The minimum Gasteiger partial charge on any atom is -0.465 e. The third kappa shape index (κ3) is 3.30. The maximum atomic E-state index is 11.6. The first-order valence-electron chi connectivity index (χ1n) is 5.85. The van der Waals surface area contributed by atoms with E-state index in [2.05, 4.69) is 37.0 Å². The number of hydrogen-bond acceptors (Lipinski definition) is 6. The number of anilines is 3. The summed E-state index contributed by atoms with van der Waals surface area (Å²) in [5.41, 5.74) is 7.15. The molecule has 2 aromatic rings. The van der Waals surface area contributed by atoms with Gasteiger partial charge in [0.05, 0.1) is 35.8 Å². The molecule has 0 radical (unpaired) electrons. The lowest BCUT2D eigenvalue weighted by atomic mass is 10.2. The van der Waals surface area contributed by atoms with Crippen molar-refractivity contribution in [3.05, 3.63) is 46.1 Å². The molecule has 0 saturated carbocycles. The van der Waals surface area contributed by atoms with Crippen LogP contribution in [0.15, 0.2) is 34.9 Å². The van der Waals surface area contributed by atoms with Crippen molar-refractivity contribution in [2.45, 2.75) is 0 Å². The molecule has 1 aromatic carbocycles. The maximum Gasteiger partial charge on any atom is 0.340 e. The number of nitrogens with one attached hydrogen (secondary N) is 1. The predicted molar refractivity (Wildman–Crippen MR) is 82.1 cm³/mol. The molecule has 1 heterocycles. The third-order valence-electron chi connectivity index (χ3n) is 2.70. The highest BCUT2D eigenvalue weighted by molar-refractivity contribution is 9.10. The zero-order valence-electron chi connectivity index (χ0n) is 11.1. The molecular weight excluding hydrogens is 336 g/mol. The molecule has 0 fully saturated rings. The number of nitrogens with two attached hydrogens (primary N) is 1. The average Bonchev–Trinajstić information content (AvgIpc) is 2.48. The first kappa shape index (κ1) is 14.8. The first-order valence-corrected chi connectivity index (χ1v) is 6.65. The fourth-order valence-electron chi connectivity index (χ4n) is 1.68. The van der Waals surface area contributed by atoms with Crippen molar-refractivity contribution in [2.75, 3.05) is 18.2 Å². The van der Waals surface area contributed by atoms with Crippen LogP contribution in [0.2, 0.25) is 0 Å². The molecule has 7 heteroatoms. The van der Waals surface area contributed by atoms with E-state index in [9.17, 15) is 4.79 Å². The van der Waals surface area contributed by atoms with Gasteiger partial charge in [-0.05, 0) is 24.3 Å². The zero-order valence-corrected chi connectivity index (χ0v) is 12.6. The van der Waals surface area contributed by atoms with Crippen LogP contribution < -0.4 is 11.1 Å². The summed E-state index contributed by atoms with van der Waals surface area (Å²) in [6.45, 7) is 0. The molecule has 0 atom stereocenters. The number of carbonyl (C=O) groups excluding carboxylic acids is 1. The van der Waals surface area contributed by atoms with Gasteiger partial charge in [0, 0.05) is 4.47 Å². The van der Waals surface area contributed by atoms with Gasteiger partial charge >= 0.3 is 5.97 Å². The minimum absolute atomic E-state index is 0.212. The van der Waals surface area contributed by atoms with Gasteiger partial charge in [-0.25, -0.2) is 9.78 Å². The molecule has 3 N–H and O–H groups in total. The van der Waals surface area contributed by atoms with Gasteiger partial charge in [-0.2, -0.15) is 5.26 Å². The molecule has 1 aromatic heterocycles. The number of methoxy groups -OCH3 is 1. The number of aromatic nitrogens is 1. The molecule has 0 amide bonds. The Morgan fingerprint density at radius 1 is 1.48 bits per heavy atom. The molecule has 0 aliphatic carbocycles. The fraction of sp³-hybridized carbons (Fsp3) is 0.0714. The van der Waals surface area contributed by atoms with Gasteiger partial charge in [0.2, 0.25) is 0 Å². The largest absolute Gasteiger partial charge is 0.465 e. The number of pyridine rings is 1. The van der Waals surface area contributed by atoms with Gasteiger partial charge in [-0.15, -0.1) is 0 Å². The number of nitrogen functional groups attached to an aromatic ring is 1. The molecule has 0 spiro atoms. The summed E-state index contributed by atoms with van der Waals surface area (Å²) in [5, 5.41) is 12.1. The molecule has 0 unspecified atom stereocenters. The van der Waals surface area contributed by atoms with Crippen LogP contribution in [0.1, 0.15) is 15.9 Å². The van der Waals surface area contributed by atoms with Crippen molar-refractivity contribution in [1.82, 2.24) is 4.98 Å². The Labute approximate surface area is 129 Å². The highest BCUT2D eigenvalue weighted by atomic mass is 79.9. The van der Waals surface area contributed by atoms with E-state index in [-0.39, 0.29) is 11.3 Å². The number of rotatable bonds is 3. The first-order chi connectivity index (χ1) is 10.0. The second kappa shape index (κ2) is 6.24. The van der Waals surface area contributed by atoms with E-state index >= 15 is 0 Å². The summed E-state index contributed by atoms with van der Waals surface area (Å²) in [5.74, 6) is -0.160. The summed E-state index contributed by atoms with van der Waals surface area (Å²) in [6, 6.07) is 8.73. The molecule has 2 rings (SSSR count). The third-order valence-corrected chi connectivity index (χ3v) is 3.20. The Kier molecular flexibility index (Phi) is 4.40. The van der Waals surface area contributed by atoms with Crippen molar-refractivity contribution >= 4 is 39.1 Å². The van der Waals surface area contributed by atoms with Gasteiger partial charge in [-0.1, -0.05) is 15.9 Å². The van der Waals surface area contributed by atoms with Crippen LogP contribution in [-0.4, -0.2) is 18.1 Å². The standard InChI is InChI=1S/C14H11BrN4O2/c1-21-14(20)10-5-13(18-7-11(10)17)19-12-4-9(15)3-2-8(12)6-16/h2-5,7H,17H2,1H3,(H,18,19). The van der Waals surface area contributed by atoms with Crippen molar-refractivity contribution in [3.63, 3.8) is 0 Å². The maximum absolute atomic E-state index is 11.6. The molecule has 106 valence electrons. The second-order valence-electron chi connectivity index (χ2n) is 4.08. The van der Waals surface area contributed by atoms with Gasteiger partial charge in [0.1, 0.15) is 11.9 Å². The van der Waals surface area contributed by atoms with Crippen LogP contribution >= 0.6 is 15.9 Å². The number of nitrogens with zero attached hydrogens (tertiary/aromatic N) is 2. The Morgan fingerprint density at radius 2 is 2.24 bits per heavy atom. The van der Waals surface area contributed by atoms with E-state index in [0.717, 1.165) is 4.47 Å². The molecule has 21 heavy (non-hydrogen) atoms. The van der Waals surface area contributed by atoms with Gasteiger partial charge in [-0.3, -0.25) is 0 Å². The Balaban J connectivity index is 2.39. The highest BCUT2D eigenvalue weighted by Crippen LogP contribution is 2.25. The van der Waals surface area contributed by atoms with E-state index < -0.39 is 5.97 Å². The second-order valence-corrected chi connectivity index (χ2v) is 4.99. The number of hydrogen-bond donors (Lipinski definition) is 2. The summed E-state index contributed by atoms with van der Waals surface area (Å²) in [7, 11) is 1.28. The molecule has 0 bridgehead atoms. The molecular formula is C14H11BrN4O2. The lowest BCUT2D eigenvalue weighted by Gasteiger charge is -2.10. The smallest absolute Gasteiger partial charge is 0.340 e. The van der Waals surface area contributed by atoms with E-state index in [1.165, 1.54) is 19.4 Å². The fourth-order valence-corrected chi connectivity index (χ4v) is 2.04. The van der Waals surface area contributed by atoms with Crippen molar-refractivity contribution < 1.29 is 9.53 Å². The Morgan fingerprint density at radius 3 is 2.90 bits per heavy atom. The normalized spacial score (nSPS) is 9.76. The highest BCUT2D eigenvalue weighted by Gasteiger charge is 2.12. The van der Waals surface area contributed by atoms with Crippen LogP contribution in [0, 0.1) is 11.3 Å². The van der Waals surface area contributed by atoms with Crippen LogP contribution in [0.5, 0.6) is 0 Å². The SMILES string of the molecule is COC(=O)c1cc(Nc2cc(Br)ccc2C#N)ncc1N. The zero-order chi connectivity index (χ0) is 15.4. The van der Waals surface area contributed by atoms with E-state index in [4.69, 9.17) is 11.0 Å². The summed E-state index contributed by atoms with van der Waals surface area (Å²) in [6.07, 6.45) is 1.36. The van der Waals surface area contributed by atoms with E-state index in [1.807, 2.05) is 0 Å². The number of benzene rings is 1. The van der Waals surface area contributed by atoms with Crippen LogP contribution in [0.25, 0.3) is 0 Å². The predicted octanol–water partition coefficient (Wildman–Crippen LogP) is 2.83. The molecule has 6 nitrogen and oxygen atoms in total. The molecule has 0 aliphatic rings. The Hall–Kier alpha value is -2.59. The monoisotopic (exact) mass is 346 g/mol. The van der Waals surface area contributed by atoms with Crippen molar-refractivity contribution in [2.24, 2.45) is 0 Å². The number of ether oxygens (including phenoxy) is 1. The quantitative estimate of drug-likeness (QED) is 0.828. The number of halogens is 1. The lowest BCUT2D eigenvalue weighted by molar-refractivity contribution is 0.0602. The number of nitriles is 1. The summed E-state index contributed by atoms with van der Waals surface area (Å²) in [4.78, 5) is 15.7. The van der Waals surface area contributed by atoms with E-state index in [1.54, 1.807) is 18.2 Å². The van der Waals surface area contributed by atoms with Crippen molar-refractivity contribution in [3.8, 4) is 6.07 Å². The summed E-state index contributed by atoms with van der Waals surface area (Å²) >= 11 is 3.34. The topological polar surface area (TPSA) is 101 Å². The van der Waals surface area contributed by atoms with Crippen LogP contribution in [-0.2, 0) is 4.74 Å². The van der Waals surface area contributed by atoms with Crippen molar-refractivity contribution in [1.29, 1.82) is 5.26 Å². The van der Waals surface area contributed by atoms with Gasteiger partial charge in [0.25, 0.3) is 0 Å². The molecule has 0 aliphatic heterocycles. The van der Waals surface area contributed by atoms with Crippen LogP contribution in [0.3, 0.4) is 0 Å².